The largest absolute Gasteiger partial charge is 0.508 e. The molecule has 0 saturated carbocycles. The fourth-order valence-electron chi connectivity index (χ4n) is 2.57. The molecule has 0 heterocycles. The van der Waals surface area contributed by atoms with Gasteiger partial charge in [0.1, 0.15) is 17.2 Å². The topological polar surface area (TPSA) is 60.7 Å². The maximum absolute atomic E-state index is 9.41. The van der Waals surface area contributed by atoms with Gasteiger partial charge in [-0.15, -0.1) is 0 Å². The molecule has 0 amide bonds. The van der Waals surface area contributed by atoms with E-state index in [9.17, 15) is 5.11 Å². The second kappa shape index (κ2) is 15.7. The fourth-order valence-corrected chi connectivity index (χ4v) is 3.05. The van der Waals surface area contributed by atoms with Crippen molar-refractivity contribution in [2.45, 2.75) is 45.4 Å². The molecule has 0 fully saturated rings. The van der Waals surface area contributed by atoms with Crippen molar-refractivity contribution in [2.24, 2.45) is 0 Å². The molecule has 3 N–H and O–H groups in total. The highest BCUT2D eigenvalue weighted by atomic mass is 35.5. The number of aromatic hydroxyl groups is 3. The van der Waals surface area contributed by atoms with E-state index in [2.05, 4.69) is 6.92 Å². The molecule has 0 aliphatic rings. The Morgan fingerprint density at radius 1 is 0.645 bits per heavy atom. The third-order valence-electron chi connectivity index (χ3n) is 4.29. The zero-order chi connectivity index (χ0) is 23.1. The van der Waals surface area contributed by atoms with Crippen LogP contribution in [0.2, 0.25) is 15.1 Å². The minimum Gasteiger partial charge on any atom is -0.508 e. The van der Waals surface area contributed by atoms with Crippen molar-refractivity contribution in [1.82, 2.24) is 0 Å². The maximum atomic E-state index is 9.41. The van der Waals surface area contributed by atoms with E-state index in [0.29, 0.717) is 15.1 Å². The van der Waals surface area contributed by atoms with Gasteiger partial charge in [0.25, 0.3) is 0 Å². The van der Waals surface area contributed by atoms with Gasteiger partial charge in [0.15, 0.2) is 0 Å². The molecule has 0 radical (unpaired) electrons. The number of aryl methyl sites for hydroxylation is 1. The molecule has 0 atom stereocenters. The number of hydrogen-bond donors (Lipinski definition) is 3. The number of phenolic OH excluding ortho intramolecular Hbond substituents is 3. The lowest BCUT2D eigenvalue weighted by Crippen LogP contribution is -1.87. The van der Waals surface area contributed by atoms with Crippen LogP contribution >= 0.6 is 34.8 Å². The summed E-state index contributed by atoms with van der Waals surface area (Å²) in [6, 6.07) is 18.5. The SMILES string of the molecule is CCCCCCCc1cccc(O)c1Cl.Oc1ccc(Cl)cc1.Oc1ccccc1Cl. The Balaban J connectivity index is 0.000000253. The van der Waals surface area contributed by atoms with Crippen LogP contribution in [-0.4, -0.2) is 15.3 Å². The summed E-state index contributed by atoms with van der Waals surface area (Å²) in [7, 11) is 0. The van der Waals surface area contributed by atoms with Gasteiger partial charge in [0.05, 0.1) is 10.0 Å². The van der Waals surface area contributed by atoms with Crippen LogP contribution in [0.15, 0.2) is 66.7 Å². The molecule has 3 rings (SSSR count). The summed E-state index contributed by atoms with van der Waals surface area (Å²) in [5.41, 5.74) is 1.06. The molecule has 3 aromatic carbocycles. The van der Waals surface area contributed by atoms with Gasteiger partial charge in [-0.1, -0.05) is 91.7 Å². The van der Waals surface area contributed by atoms with Crippen molar-refractivity contribution in [3.8, 4) is 17.2 Å². The Morgan fingerprint density at radius 2 is 1.26 bits per heavy atom. The van der Waals surface area contributed by atoms with Crippen molar-refractivity contribution in [2.75, 3.05) is 0 Å². The van der Waals surface area contributed by atoms with E-state index in [1.165, 1.54) is 25.7 Å². The molecule has 0 unspecified atom stereocenters. The minimum absolute atomic E-state index is 0.133. The van der Waals surface area contributed by atoms with Crippen molar-refractivity contribution < 1.29 is 15.3 Å². The lowest BCUT2D eigenvalue weighted by atomic mass is 10.1. The van der Waals surface area contributed by atoms with Gasteiger partial charge in [-0.25, -0.2) is 0 Å². The van der Waals surface area contributed by atoms with E-state index in [4.69, 9.17) is 45.0 Å². The third kappa shape index (κ3) is 11.8. The maximum Gasteiger partial charge on any atom is 0.134 e. The van der Waals surface area contributed by atoms with Gasteiger partial charge in [0.2, 0.25) is 0 Å². The number of rotatable bonds is 6. The number of halogens is 3. The zero-order valence-electron chi connectivity index (χ0n) is 17.6. The molecule has 0 aliphatic carbocycles. The van der Waals surface area contributed by atoms with Crippen molar-refractivity contribution >= 4 is 34.8 Å². The second-order valence-corrected chi connectivity index (χ2v) is 8.06. The first-order valence-electron chi connectivity index (χ1n) is 10.2. The second-order valence-electron chi connectivity index (χ2n) is 6.84. The van der Waals surface area contributed by atoms with Gasteiger partial charge in [-0.05, 0) is 60.9 Å². The summed E-state index contributed by atoms with van der Waals surface area (Å²) in [4.78, 5) is 0. The first-order chi connectivity index (χ1) is 14.8. The summed E-state index contributed by atoms with van der Waals surface area (Å²) >= 11 is 16.9. The van der Waals surface area contributed by atoms with Gasteiger partial charge in [0, 0.05) is 5.02 Å². The predicted octanol–water partition coefficient (Wildman–Crippen LogP) is 8.65. The van der Waals surface area contributed by atoms with Crippen LogP contribution in [0, 0.1) is 0 Å². The van der Waals surface area contributed by atoms with Gasteiger partial charge in [-0.2, -0.15) is 0 Å². The molecule has 3 nitrogen and oxygen atoms in total. The average Bonchev–Trinajstić information content (AvgIpc) is 2.76. The monoisotopic (exact) mass is 482 g/mol. The zero-order valence-corrected chi connectivity index (χ0v) is 19.8. The van der Waals surface area contributed by atoms with Gasteiger partial charge >= 0.3 is 0 Å². The summed E-state index contributed by atoms with van der Waals surface area (Å²) < 4.78 is 0. The van der Waals surface area contributed by atoms with Crippen LogP contribution in [0.4, 0.5) is 0 Å². The van der Waals surface area contributed by atoms with Gasteiger partial charge in [-0.3, -0.25) is 0 Å². The summed E-state index contributed by atoms with van der Waals surface area (Å²) in [5, 5.41) is 28.5. The van der Waals surface area contributed by atoms with E-state index >= 15 is 0 Å². The summed E-state index contributed by atoms with van der Waals surface area (Å²) in [5.74, 6) is 0.575. The summed E-state index contributed by atoms with van der Waals surface area (Å²) in [6.45, 7) is 2.21. The highest BCUT2D eigenvalue weighted by Crippen LogP contribution is 2.27. The summed E-state index contributed by atoms with van der Waals surface area (Å²) in [6.07, 6.45) is 7.26. The van der Waals surface area contributed by atoms with E-state index < -0.39 is 0 Å². The molecular formula is C25H29Cl3O3. The highest BCUT2D eigenvalue weighted by Gasteiger charge is 2.03. The Labute approximate surface area is 199 Å². The molecule has 0 aliphatic heterocycles. The van der Waals surface area contributed by atoms with Crippen LogP contribution in [0.3, 0.4) is 0 Å². The molecular weight excluding hydrogens is 455 g/mol. The highest BCUT2D eigenvalue weighted by molar-refractivity contribution is 6.32. The van der Waals surface area contributed by atoms with Crippen LogP contribution in [0.5, 0.6) is 17.2 Å². The van der Waals surface area contributed by atoms with E-state index in [1.54, 1.807) is 54.6 Å². The van der Waals surface area contributed by atoms with E-state index in [1.807, 2.05) is 12.1 Å². The normalized spacial score (nSPS) is 9.81. The van der Waals surface area contributed by atoms with Crippen LogP contribution < -0.4 is 0 Å². The lowest BCUT2D eigenvalue weighted by Gasteiger charge is -2.05. The Hall–Kier alpha value is -2.07. The molecule has 31 heavy (non-hydrogen) atoms. The Morgan fingerprint density at radius 3 is 1.81 bits per heavy atom. The quantitative estimate of drug-likeness (QED) is 0.307. The Kier molecular flexibility index (Phi) is 13.6. The van der Waals surface area contributed by atoms with Crippen molar-refractivity contribution in [3.63, 3.8) is 0 Å². The first-order valence-corrected chi connectivity index (χ1v) is 11.3. The number of benzene rings is 3. The van der Waals surface area contributed by atoms with Crippen LogP contribution in [-0.2, 0) is 6.42 Å². The molecule has 0 aromatic heterocycles. The predicted molar refractivity (Wildman–Crippen MR) is 132 cm³/mol. The minimum atomic E-state index is 0.133. The number of unbranched alkanes of at least 4 members (excludes halogenated alkanes) is 4. The fraction of sp³-hybridized carbons (Fsp3) is 0.280. The first kappa shape index (κ1) is 27.0. The smallest absolute Gasteiger partial charge is 0.134 e. The molecule has 168 valence electrons. The van der Waals surface area contributed by atoms with Crippen LogP contribution in [0.1, 0.15) is 44.6 Å². The Bertz CT molecular complexity index is 841. The number of phenols is 3. The average molecular weight is 484 g/mol. The standard InChI is InChI=1S/C13H19ClO.2C6H5ClO/c1-2-3-4-5-6-8-11-9-7-10-12(15)13(11)14;7-5-1-3-6(8)4-2-5;7-5-3-1-2-4-6(5)8/h7,9-10,15H,2-6,8H2,1H3;2*1-4,8H. The molecule has 0 spiro atoms. The number of hydrogen-bond acceptors (Lipinski definition) is 3. The van der Waals surface area contributed by atoms with E-state index in [0.717, 1.165) is 18.4 Å². The number of para-hydroxylation sites is 1. The van der Waals surface area contributed by atoms with Crippen LogP contribution in [0.25, 0.3) is 0 Å². The molecule has 3 aromatic rings. The molecule has 6 heteroatoms. The van der Waals surface area contributed by atoms with Crippen molar-refractivity contribution in [3.05, 3.63) is 87.4 Å². The molecule has 0 bridgehead atoms. The third-order valence-corrected chi connectivity index (χ3v) is 5.30. The van der Waals surface area contributed by atoms with Gasteiger partial charge < -0.3 is 15.3 Å². The van der Waals surface area contributed by atoms with E-state index in [-0.39, 0.29) is 17.2 Å². The van der Waals surface area contributed by atoms with Crippen molar-refractivity contribution in [1.29, 1.82) is 0 Å². The lowest BCUT2D eigenvalue weighted by molar-refractivity contribution is 0.474. The molecule has 0 saturated heterocycles.